The highest BCUT2D eigenvalue weighted by Crippen LogP contribution is 2.20. The molecule has 0 bridgehead atoms. The molecule has 1 atom stereocenters. The molecule has 8 heteroatoms. The van der Waals surface area contributed by atoms with E-state index in [0.717, 1.165) is 12.1 Å². The Hall–Kier alpha value is -2.77. The third kappa shape index (κ3) is 3.84. The zero-order valence-corrected chi connectivity index (χ0v) is 13.9. The lowest BCUT2D eigenvalue weighted by Gasteiger charge is -2.17. The third-order valence-corrected chi connectivity index (χ3v) is 3.97. The molecular formula is C17H18F2N4O2. The number of hydrogen-bond donors (Lipinski definition) is 0. The Bertz CT molecular complexity index is 768. The predicted octanol–water partition coefficient (Wildman–Crippen LogP) is 2.11. The van der Waals surface area contributed by atoms with Gasteiger partial charge in [-0.05, 0) is 18.2 Å². The fourth-order valence-corrected chi connectivity index (χ4v) is 2.63. The standard InChI is InChI=1S/C17H18F2N4O2/c1-22(2)15-5-6-16(21-20-15)25-12-7-8-23(10-12)17(24)13-4-3-11(18)9-14(13)19/h3-6,9,12H,7-8,10H2,1-2H3. The molecule has 3 rings (SSSR count). The molecule has 0 N–H and O–H groups in total. The zero-order chi connectivity index (χ0) is 18.0. The molecule has 132 valence electrons. The first-order valence-corrected chi connectivity index (χ1v) is 7.86. The van der Waals surface area contributed by atoms with Crippen LogP contribution in [0.4, 0.5) is 14.6 Å². The number of aromatic nitrogens is 2. The van der Waals surface area contributed by atoms with E-state index >= 15 is 0 Å². The first-order chi connectivity index (χ1) is 11.9. The molecule has 6 nitrogen and oxygen atoms in total. The van der Waals surface area contributed by atoms with E-state index in [-0.39, 0.29) is 11.7 Å². The summed E-state index contributed by atoms with van der Waals surface area (Å²) in [6.45, 7) is 0.746. The number of carbonyl (C=O) groups is 1. The van der Waals surface area contributed by atoms with Crippen LogP contribution in [-0.4, -0.2) is 54.3 Å². The van der Waals surface area contributed by atoms with E-state index < -0.39 is 17.5 Å². The van der Waals surface area contributed by atoms with Crippen molar-refractivity contribution in [2.75, 3.05) is 32.1 Å². The van der Waals surface area contributed by atoms with Crippen molar-refractivity contribution < 1.29 is 18.3 Å². The lowest BCUT2D eigenvalue weighted by Crippen LogP contribution is -2.31. The van der Waals surface area contributed by atoms with Crippen molar-refractivity contribution in [2.24, 2.45) is 0 Å². The zero-order valence-electron chi connectivity index (χ0n) is 13.9. The molecule has 1 amide bonds. The normalized spacial score (nSPS) is 16.8. The van der Waals surface area contributed by atoms with Crippen LogP contribution in [0.2, 0.25) is 0 Å². The van der Waals surface area contributed by atoms with Gasteiger partial charge < -0.3 is 14.5 Å². The molecule has 0 spiro atoms. The Morgan fingerprint density at radius 1 is 1.24 bits per heavy atom. The summed E-state index contributed by atoms with van der Waals surface area (Å²) >= 11 is 0. The number of halogens is 2. The molecule has 2 heterocycles. The number of anilines is 1. The van der Waals surface area contributed by atoms with Crippen LogP contribution in [-0.2, 0) is 0 Å². The van der Waals surface area contributed by atoms with Crippen molar-refractivity contribution in [3.63, 3.8) is 0 Å². The van der Waals surface area contributed by atoms with Gasteiger partial charge in [-0.1, -0.05) is 0 Å². The van der Waals surface area contributed by atoms with Crippen LogP contribution in [0.15, 0.2) is 30.3 Å². The summed E-state index contributed by atoms with van der Waals surface area (Å²) in [4.78, 5) is 15.7. The van der Waals surface area contributed by atoms with E-state index in [9.17, 15) is 13.6 Å². The second kappa shape index (κ2) is 7.00. The van der Waals surface area contributed by atoms with Gasteiger partial charge in [-0.15, -0.1) is 10.2 Å². The molecule has 0 radical (unpaired) electrons. The predicted molar refractivity (Wildman–Crippen MR) is 87.7 cm³/mol. The summed E-state index contributed by atoms with van der Waals surface area (Å²) in [6, 6.07) is 6.44. The Morgan fingerprint density at radius 2 is 2.04 bits per heavy atom. The molecule has 1 aliphatic heterocycles. The van der Waals surface area contributed by atoms with Crippen molar-refractivity contribution >= 4 is 11.7 Å². The number of amides is 1. The van der Waals surface area contributed by atoms with Crippen LogP contribution in [0.25, 0.3) is 0 Å². The van der Waals surface area contributed by atoms with Crippen LogP contribution < -0.4 is 9.64 Å². The molecule has 1 saturated heterocycles. The first kappa shape index (κ1) is 17.1. The number of nitrogens with zero attached hydrogens (tertiary/aromatic N) is 4. The lowest BCUT2D eigenvalue weighted by molar-refractivity contribution is 0.0766. The summed E-state index contributed by atoms with van der Waals surface area (Å²) in [5, 5.41) is 8.02. The Labute approximate surface area is 144 Å². The Balaban J connectivity index is 1.62. The van der Waals surface area contributed by atoms with E-state index in [2.05, 4.69) is 10.2 Å². The van der Waals surface area contributed by atoms with Crippen LogP contribution in [0.1, 0.15) is 16.8 Å². The number of rotatable bonds is 4. The number of carbonyl (C=O) groups excluding carboxylic acids is 1. The monoisotopic (exact) mass is 348 g/mol. The third-order valence-electron chi connectivity index (χ3n) is 3.97. The van der Waals surface area contributed by atoms with Gasteiger partial charge in [0.05, 0.1) is 12.1 Å². The van der Waals surface area contributed by atoms with E-state index in [1.807, 2.05) is 19.0 Å². The van der Waals surface area contributed by atoms with Crippen LogP contribution in [0.5, 0.6) is 5.88 Å². The minimum Gasteiger partial charge on any atom is -0.471 e. The molecule has 25 heavy (non-hydrogen) atoms. The van der Waals surface area contributed by atoms with Crippen LogP contribution in [0.3, 0.4) is 0 Å². The maximum atomic E-state index is 13.8. The van der Waals surface area contributed by atoms with Gasteiger partial charge in [0.25, 0.3) is 5.91 Å². The van der Waals surface area contributed by atoms with Gasteiger partial charge in [0.1, 0.15) is 17.7 Å². The van der Waals surface area contributed by atoms with Gasteiger partial charge in [0.15, 0.2) is 5.82 Å². The molecule has 1 aromatic heterocycles. The minimum atomic E-state index is -0.862. The second-order valence-corrected chi connectivity index (χ2v) is 6.03. The minimum absolute atomic E-state index is 0.142. The molecule has 1 aliphatic rings. The lowest BCUT2D eigenvalue weighted by atomic mass is 10.2. The van der Waals surface area contributed by atoms with E-state index in [1.165, 1.54) is 4.90 Å². The molecule has 1 aromatic carbocycles. The van der Waals surface area contributed by atoms with Crippen LogP contribution >= 0.6 is 0 Å². The van der Waals surface area contributed by atoms with E-state index in [4.69, 9.17) is 4.74 Å². The SMILES string of the molecule is CN(C)c1ccc(OC2CCN(C(=O)c3ccc(F)cc3F)C2)nn1. The first-order valence-electron chi connectivity index (χ1n) is 7.86. The van der Waals surface area contributed by atoms with E-state index in [1.54, 1.807) is 12.1 Å². The Kier molecular flexibility index (Phi) is 4.78. The number of hydrogen-bond acceptors (Lipinski definition) is 5. The number of likely N-dealkylation sites (tertiary alicyclic amines) is 1. The summed E-state index contributed by atoms with van der Waals surface area (Å²) in [5.41, 5.74) is -0.142. The largest absolute Gasteiger partial charge is 0.471 e. The molecular weight excluding hydrogens is 330 g/mol. The molecule has 1 unspecified atom stereocenters. The molecule has 1 fully saturated rings. The van der Waals surface area contributed by atoms with Crippen molar-refractivity contribution in [3.05, 3.63) is 47.5 Å². The van der Waals surface area contributed by atoms with Crippen molar-refractivity contribution in [2.45, 2.75) is 12.5 Å². The Morgan fingerprint density at radius 3 is 2.68 bits per heavy atom. The van der Waals surface area contributed by atoms with Gasteiger partial charge in [-0.25, -0.2) is 8.78 Å². The average Bonchev–Trinajstić information content (AvgIpc) is 3.03. The average molecular weight is 348 g/mol. The van der Waals surface area contributed by atoms with Crippen LogP contribution in [0, 0.1) is 11.6 Å². The van der Waals surface area contributed by atoms with Crippen molar-refractivity contribution in [1.29, 1.82) is 0 Å². The molecule has 0 saturated carbocycles. The highest BCUT2D eigenvalue weighted by atomic mass is 19.1. The smallest absolute Gasteiger partial charge is 0.256 e. The number of ether oxygens (including phenoxy) is 1. The van der Waals surface area contributed by atoms with Gasteiger partial charge in [-0.3, -0.25) is 4.79 Å². The van der Waals surface area contributed by atoms with E-state index in [0.29, 0.717) is 37.3 Å². The fourth-order valence-electron chi connectivity index (χ4n) is 2.63. The van der Waals surface area contributed by atoms with Gasteiger partial charge in [-0.2, -0.15) is 0 Å². The van der Waals surface area contributed by atoms with Crippen molar-refractivity contribution in [1.82, 2.24) is 15.1 Å². The topological polar surface area (TPSA) is 58.6 Å². The summed E-state index contributed by atoms with van der Waals surface area (Å²) in [5.74, 6) is -0.964. The fraction of sp³-hybridized carbons (Fsp3) is 0.353. The molecule has 0 aliphatic carbocycles. The maximum Gasteiger partial charge on any atom is 0.256 e. The van der Waals surface area contributed by atoms with Gasteiger partial charge in [0, 0.05) is 39.2 Å². The summed E-state index contributed by atoms with van der Waals surface area (Å²) < 4.78 is 32.5. The highest BCUT2D eigenvalue weighted by molar-refractivity contribution is 5.94. The van der Waals surface area contributed by atoms with Gasteiger partial charge in [0.2, 0.25) is 5.88 Å². The summed E-state index contributed by atoms with van der Waals surface area (Å²) in [7, 11) is 3.72. The highest BCUT2D eigenvalue weighted by Gasteiger charge is 2.30. The summed E-state index contributed by atoms with van der Waals surface area (Å²) in [6.07, 6.45) is 0.359. The maximum absolute atomic E-state index is 13.8. The number of benzene rings is 1. The molecule has 2 aromatic rings. The van der Waals surface area contributed by atoms with Crippen molar-refractivity contribution in [3.8, 4) is 5.88 Å². The second-order valence-electron chi connectivity index (χ2n) is 6.03. The van der Waals surface area contributed by atoms with Gasteiger partial charge >= 0.3 is 0 Å². The quantitative estimate of drug-likeness (QED) is 0.847.